The Morgan fingerprint density at radius 3 is 2.55 bits per heavy atom. The highest BCUT2D eigenvalue weighted by molar-refractivity contribution is 7.90. The van der Waals surface area contributed by atoms with E-state index in [2.05, 4.69) is 15.0 Å². The Hall–Kier alpha value is -0.740. The zero-order chi connectivity index (χ0) is 15.5. The molecule has 0 spiro atoms. The highest BCUT2D eigenvalue weighted by Gasteiger charge is 2.18. The van der Waals surface area contributed by atoms with E-state index in [1.54, 1.807) is 0 Å². The first-order valence-electron chi connectivity index (χ1n) is 6.65. The maximum atomic E-state index is 12.1. The molecule has 22 heavy (non-hydrogen) atoms. The lowest BCUT2D eigenvalue weighted by molar-refractivity contribution is 0.519. The Morgan fingerprint density at radius 2 is 2.05 bits per heavy atom. The number of nitrogens with zero attached hydrogens (tertiary/aromatic N) is 1. The lowest BCUT2D eigenvalue weighted by Crippen LogP contribution is -2.26. The molecule has 0 aromatic carbocycles. The molecule has 126 valence electrons. The average molecular weight is 370 g/mol. The molecule has 1 atom stereocenters. The van der Waals surface area contributed by atoms with Crippen LogP contribution in [0.3, 0.4) is 0 Å². The molecule has 0 saturated carbocycles. The summed E-state index contributed by atoms with van der Waals surface area (Å²) in [6, 6.07) is 2.45. The van der Waals surface area contributed by atoms with Crippen molar-refractivity contribution in [1.29, 1.82) is 0 Å². The van der Waals surface area contributed by atoms with Gasteiger partial charge in [0, 0.05) is 19.0 Å². The number of pyridine rings is 1. The fourth-order valence-corrected chi connectivity index (χ4v) is 3.74. The van der Waals surface area contributed by atoms with Crippen molar-refractivity contribution in [2.75, 3.05) is 25.9 Å². The minimum atomic E-state index is -3.64. The zero-order valence-electron chi connectivity index (χ0n) is 12.1. The molecule has 0 bridgehead atoms. The van der Waals surface area contributed by atoms with E-state index in [1.165, 1.54) is 12.1 Å². The molecule has 2 heterocycles. The van der Waals surface area contributed by atoms with Crippen LogP contribution in [0.1, 0.15) is 12.8 Å². The molecule has 1 aromatic rings. The fraction of sp³-hybridized carbons (Fsp3) is 0.583. The first-order valence-corrected chi connectivity index (χ1v) is 10.0. The van der Waals surface area contributed by atoms with Gasteiger partial charge in [-0.2, -0.15) is 0 Å². The molecule has 0 amide bonds. The second-order valence-corrected chi connectivity index (χ2v) is 8.88. The van der Waals surface area contributed by atoms with Gasteiger partial charge < -0.3 is 5.32 Å². The topological polar surface area (TPSA) is 105 Å². The van der Waals surface area contributed by atoms with Crippen molar-refractivity contribution in [2.45, 2.75) is 22.8 Å². The Morgan fingerprint density at radius 1 is 1.32 bits per heavy atom. The summed E-state index contributed by atoms with van der Waals surface area (Å²) in [5, 5.41) is 3.09. The average Bonchev–Trinajstić information content (AvgIpc) is 2.91. The second kappa shape index (κ2) is 7.69. The molecule has 0 radical (unpaired) electrons. The molecule has 0 aliphatic carbocycles. The number of nitrogens with one attached hydrogen (secondary N) is 2. The number of hydrogen-bond acceptors (Lipinski definition) is 6. The smallest absolute Gasteiger partial charge is 0.242 e. The first-order chi connectivity index (χ1) is 9.79. The van der Waals surface area contributed by atoms with E-state index in [4.69, 9.17) is 0 Å². The number of sulfonamides is 1. The van der Waals surface area contributed by atoms with Gasteiger partial charge in [0.1, 0.15) is 4.90 Å². The van der Waals surface area contributed by atoms with Crippen LogP contribution in [0.4, 0.5) is 0 Å². The van der Waals surface area contributed by atoms with Crippen molar-refractivity contribution in [3.8, 4) is 0 Å². The number of halogens is 1. The van der Waals surface area contributed by atoms with Gasteiger partial charge in [0.25, 0.3) is 0 Å². The molecular formula is C12H20ClN3O4S2. The first kappa shape index (κ1) is 19.3. The van der Waals surface area contributed by atoms with E-state index < -0.39 is 19.9 Å². The van der Waals surface area contributed by atoms with Gasteiger partial charge >= 0.3 is 0 Å². The highest BCUT2D eigenvalue weighted by Crippen LogP contribution is 2.13. The molecule has 7 nitrogen and oxygen atoms in total. The van der Waals surface area contributed by atoms with Crippen molar-refractivity contribution >= 4 is 32.3 Å². The molecule has 2 N–H and O–H groups in total. The van der Waals surface area contributed by atoms with E-state index in [0.29, 0.717) is 12.5 Å². The van der Waals surface area contributed by atoms with Crippen molar-refractivity contribution < 1.29 is 16.8 Å². The predicted molar refractivity (Wildman–Crippen MR) is 85.4 cm³/mol. The molecule has 1 aromatic heterocycles. The third kappa shape index (κ3) is 5.17. The molecule has 1 aliphatic heterocycles. The summed E-state index contributed by atoms with van der Waals surface area (Å²) in [6.07, 6.45) is 3.93. The van der Waals surface area contributed by atoms with E-state index >= 15 is 0 Å². The third-order valence-electron chi connectivity index (χ3n) is 3.41. The van der Waals surface area contributed by atoms with Crippen LogP contribution in [0.5, 0.6) is 0 Å². The summed E-state index contributed by atoms with van der Waals surface area (Å²) in [6.45, 7) is 2.27. The van der Waals surface area contributed by atoms with Crippen molar-refractivity contribution in [3.63, 3.8) is 0 Å². The van der Waals surface area contributed by atoms with Crippen LogP contribution in [-0.2, 0) is 19.9 Å². The lowest BCUT2D eigenvalue weighted by Gasteiger charge is -2.10. The minimum Gasteiger partial charge on any atom is -0.316 e. The molecular weight excluding hydrogens is 350 g/mol. The molecule has 1 saturated heterocycles. The van der Waals surface area contributed by atoms with Crippen LogP contribution in [-0.4, -0.2) is 47.7 Å². The normalized spacial score (nSPS) is 18.9. The summed E-state index contributed by atoms with van der Waals surface area (Å²) < 4.78 is 49.2. The standard InChI is InChI=1S/C12H19N3O4S2.ClH/c1-20(16,17)12-3-2-11(9-14-12)21(18,19)15-7-5-10-4-6-13-8-10;/h2-3,9-10,13,15H,4-8H2,1H3;1H. The van der Waals surface area contributed by atoms with Crippen molar-refractivity contribution in [1.82, 2.24) is 15.0 Å². The molecule has 1 aliphatic rings. The Kier molecular flexibility index (Phi) is 6.75. The number of rotatable bonds is 6. The molecule has 1 unspecified atom stereocenters. The summed E-state index contributed by atoms with van der Waals surface area (Å²) in [5.74, 6) is 0.499. The van der Waals surface area contributed by atoms with Crippen LogP contribution >= 0.6 is 12.4 Å². The van der Waals surface area contributed by atoms with E-state index in [9.17, 15) is 16.8 Å². The van der Waals surface area contributed by atoms with E-state index in [0.717, 1.165) is 38.4 Å². The van der Waals surface area contributed by atoms with Gasteiger partial charge in [-0.15, -0.1) is 12.4 Å². The van der Waals surface area contributed by atoms with Crippen molar-refractivity contribution in [3.05, 3.63) is 18.3 Å². The molecule has 1 fully saturated rings. The van der Waals surface area contributed by atoms with Crippen LogP contribution in [0.2, 0.25) is 0 Å². The zero-order valence-corrected chi connectivity index (χ0v) is 14.6. The van der Waals surface area contributed by atoms with Crippen molar-refractivity contribution in [2.24, 2.45) is 5.92 Å². The number of sulfone groups is 1. The van der Waals surface area contributed by atoms with Gasteiger partial charge in [-0.3, -0.25) is 0 Å². The van der Waals surface area contributed by atoms with Gasteiger partial charge in [0.05, 0.1) is 0 Å². The Balaban J connectivity index is 0.00000242. The molecule has 10 heteroatoms. The van der Waals surface area contributed by atoms with E-state index in [1.807, 2.05) is 0 Å². The van der Waals surface area contributed by atoms with Gasteiger partial charge in [0.2, 0.25) is 10.0 Å². The minimum absolute atomic E-state index is 0. The van der Waals surface area contributed by atoms with Crippen LogP contribution in [0, 0.1) is 5.92 Å². The summed E-state index contributed by atoms with van der Waals surface area (Å²) >= 11 is 0. The SMILES string of the molecule is CS(=O)(=O)c1ccc(S(=O)(=O)NCCC2CCNC2)cn1.Cl. The highest BCUT2D eigenvalue weighted by atomic mass is 35.5. The third-order valence-corrected chi connectivity index (χ3v) is 5.85. The fourth-order valence-electron chi connectivity index (χ4n) is 2.19. The summed E-state index contributed by atoms with van der Waals surface area (Å²) in [5.41, 5.74) is 0. The predicted octanol–water partition coefficient (Wildman–Crippen LogP) is 0.185. The number of aromatic nitrogens is 1. The summed E-state index contributed by atoms with van der Waals surface area (Å²) in [4.78, 5) is 3.66. The monoisotopic (exact) mass is 369 g/mol. The summed E-state index contributed by atoms with van der Waals surface area (Å²) in [7, 11) is -7.07. The second-order valence-electron chi connectivity index (χ2n) is 5.15. The largest absolute Gasteiger partial charge is 0.316 e. The Labute approximate surface area is 137 Å². The maximum absolute atomic E-state index is 12.1. The quantitative estimate of drug-likeness (QED) is 0.741. The van der Waals surface area contributed by atoms with Crippen LogP contribution in [0.25, 0.3) is 0 Å². The van der Waals surface area contributed by atoms with Gasteiger partial charge in [-0.05, 0) is 44.0 Å². The Bertz CT molecular complexity index is 684. The molecule has 2 rings (SSSR count). The van der Waals surface area contributed by atoms with Gasteiger partial charge in [0.15, 0.2) is 14.9 Å². The number of hydrogen-bond donors (Lipinski definition) is 2. The van der Waals surface area contributed by atoms with Gasteiger partial charge in [-0.25, -0.2) is 26.5 Å². The van der Waals surface area contributed by atoms with E-state index in [-0.39, 0.29) is 22.3 Å². The van der Waals surface area contributed by atoms with Gasteiger partial charge in [-0.1, -0.05) is 0 Å². The van der Waals surface area contributed by atoms with Crippen LogP contribution in [0.15, 0.2) is 28.3 Å². The lowest BCUT2D eigenvalue weighted by atomic mass is 10.1. The van der Waals surface area contributed by atoms with Crippen LogP contribution < -0.4 is 10.0 Å². The maximum Gasteiger partial charge on any atom is 0.242 e.